The topological polar surface area (TPSA) is 81.4 Å². The van der Waals surface area contributed by atoms with Gasteiger partial charge in [0.1, 0.15) is 17.8 Å². The molecule has 0 atom stereocenters. The number of anilines is 2. The molecule has 5 aromatic carbocycles. The molecule has 0 aliphatic carbocycles. The van der Waals surface area contributed by atoms with E-state index in [9.17, 15) is 9.59 Å². The van der Waals surface area contributed by atoms with Crippen molar-refractivity contribution >= 4 is 24.1 Å². The van der Waals surface area contributed by atoms with Crippen LogP contribution in [0.1, 0.15) is 94.9 Å². The van der Waals surface area contributed by atoms with Gasteiger partial charge in [0.25, 0.3) is 0 Å². The smallest absolute Gasteiger partial charge is 0.211 e. The predicted molar refractivity (Wildman–Crippen MR) is 213 cm³/mol. The van der Waals surface area contributed by atoms with Crippen LogP contribution in [0.4, 0.5) is 11.4 Å². The standard InChI is InChI=1S/C12H11NO.C11H15NO.C11H14O.C11H16/c13-10-6-8-12(9-7-10)14-11-4-2-1-3-5-11;1-11(2,3)9-4-6-10(7-5-9)12-8-13;1-11(2,3)10-6-4-9(8-12)5-7-10;1-9-5-7-10(8-6-9)11(2,3)4/h1-9H,13H2;4-8H,1-3H3,(H,12,13);4-8H,1-3H3;5-8H,1-4H3. The second-order valence-electron chi connectivity index (χ2n) is 15.2. The van der Waals surface area contributed by atoms with E-state index in [0.29, 0.717) is 6.41 Å². The molecule has 0 bridgehead atoms. The first-order chi connectivity index (χ1) is 23.4. The summed E-state index contributed by atoms with van der Waals surface area (Å²) in [5.74, 6) is 1.63. The summed E-state index contributed by atoms with van der Waals surface area (Å²) in [6.45, 7) is 21.8. The van der Waals surface area contributed by atoms with Gasteiger partial charge >= 0.3 is 0 Å². The largest absolute Gasteiger partial charge is 0.457 e. The summed E-state index contributed by atoms with van der Waals surface area (Å²) in [5, 5.41) is 2.61. The van der Waals surface area contributed by atoms with Crippen LogP contribution in [0.5, 0.6) is 11.5 Å². The van der Waals surface area contributed by atoms with E-state index in [0.717, 1.165) is 34.7 Å². The van der Waals surface area contributed by atoms with E-state index in [2.05, 4.69) is 98.8 Å². The first-order valence-corrected chi connectivity index (χ1v) is 16.9. The van der Waals surface area contributed by atoms with Crippen LogP contribution < -0.4 is 15.8 Å². The first-order valence-electron chi connectivity index (χ1n) is 16.9. The molecule has 5 heteroatoms. The van der Waals surface area contributed by atoms with Gasteiger partial charge in [0.05, 0.1) is 0 Å². The van der Waals surface area contributed by atoms with E-state index in [-0.39, 0.29) is 16.2 Å². The van der Waals surface area contributed by atoms with E-state index >= 15 is 0 Å². The third kappa shape index (κ3) is 15.4. The SMILES string of the molecule is CC(C)(C)c1ccc(C=O)cc1.CC(C)(C)c1ccc(NC=O)cc1.Cc1ccc(C(C)(C)C)cc1.Nc1ccc(Oc2ccccc2)cc1. The number of amides is 1. The zero-order valence-corrected chi connectivity index (χ0v) is 31.6. The summed E-state index contributed by atoms with van der Waals surface area (Å²) >= 11 is 0. The predicted octanol–water partition coefficient (Wildman–Crippen LogP) is 11.7. The highest BCUT2D eigenvalue weighted by Gasteiger charge is 2.14. The molecule has 0 aliphatic rings. The zero-order valence-electron chi connectivity index (χ0n) is 31.6. The van der Waals surface area contributed by atoms with Gasteiger partial charge in [-0.15, -0.1) is 0 Å². The normalized spacial score (nSPS) is 10.8. The number of rotatable bonds is 5. The van der Waals surface area contributed by atoms with Crippen LogP contribution in [-0.4, -0.2) is 12.7 Å². The maximum Gasteiger partial charge on any atom is 0.211 e. The van der Waals surface area contributed by atoms with Crippen molar-refractivity contribution in [3.8, 4) is 11.5 Å². The number of carbonyl (C=O) groups is 2. The molecule has 0 unspecified atom stereocenters. The van der Waals surface area contributed by atoms with Crippen LogP contribution in [-0.2, 0) is 21.0 Å². The third-order valence-corrected chi connectivity index (χ3v) is 7.67. The maximum absolute atomic E-state index is 10.4. The van der Waals surface area contributed by atoms with Crippen molar-refractivity contribution in [3.05, 3.63) is 155 Å². The number of benzene rings is 5. The molecule has 264 valence electrons. The van der Waals surface area contributed by atoms with Crippen LogP contribution >= 0.6 is 0 Å². The Balaban J connectivity index is 0.000000232. The summed E-state index contributed by atoms with van der Waals surface area (Å²) in [5.41, 5.74) is 13.8. The number of ether oxygens (including phenoxy) is 1. The Hall–Kier alpha value is -5.16. The second kappa shape index (κ2) is 19.1. The van der Waals surface area contributed by atoms with Crippen molar-refractivity contribution in [2.75, 3.05) is 11.1 Å². The first kappa shape index (κ1) is 41.0. The van der Waals surface area contributed by atoms with Gasteiger partial charge in [0, 0.05) is 16.9 Å². The van der Waals surface area contributed by atoms with E-state index in [1.54, 1.807) is 0 Å². The quantitative estimate of drug-likeness (QED) is 0.144. The minimum Gasteiger partial charge on any atom is -0.457 e. The molecule has 0 saturated carbocycles. The van der Waals surface area contributed by atoms with E-state index in [1.165, 1.54) is 22.3 Å². The van der Waals surface area contributed by atoms with Crippen LogP contribution in [0.3, 0.4) is 0 Å². The van der Waals surface area contributed by atoms with Crippen LogP contribution in [0.15, 0.2) is 127 Å². The van der Waals surface area contributed by atoms with Gasteiger partial charge in [0.15, 0.2) is 0 Å². The van der Waals surface area contributed by atoms with Gasteiger partial charge in [-0.1, -0.05) is 147 Å². The lowest BCUT2D eigenvalue weighted by Crippen LogP contribution is -2.10. The molecule has 0 spiro atoms. The highest BCUT2D eigenvalue weighted by Crippen LogP contribution is 2.25. The summed E-state index contributed by atoms with van der Waals surface area (Å²) in [6, 6.07) is 41.3. The molecule has 0 saturated heterocycles. The number of nitrogen functional groups attached to an aromatic ring is 1. The molecule has 5 rings (SSSR count). The Labute approximate surface area is 300 Å². The summed E-state index contributed by atoms with van der Waals surface area (Å²) < 4.78 is 5.58. The molecule has 0 fully saturated rings. The Bertz CT molecular complexity index is 1690. The molecule has 0 aromatic heterocycles. The number of para-hydroxylation sites is 1. The molecule has 5 aromatic rings. The average Bonchev–Trinajstić information content (AvgIpc) is 3.07. The monoisotopic (exact) mass is 672 g/mol. The number of hydrogen-bond donors (Lipinski definition) is 2. The minimum absolute atomic E-state index is 0.166. The molecule has 3 N–H and O–H groups in total. The van der Waals surface area contributed by atoms with Gasteiger partial charge in [-0.25, -0.2) is 0 Å². The maximum atomic E-state index is 10.4. The van der Waals surface area contributed by atoms with Crippen molar-refractivity contribution in [2.24, 2.45) is 0 Å². The number of nitrogens with two attached hydrogens (primary N) is 1. The van der Waals surface area contributed by atoms with E-state index in [1.807, 2.05) is 103 Å². The van der Waals surface area contributed by atoms with Gasteiger partial charge in [-0.2, -0.15) is 0 Å². The fourth-order valence-electron chi connectivity index (χ4n) is 4.41. The number of nitrogens with one attached hydrogen (secondary N) is 1. The van der Waals surface area contributed by atoms with Crippen molar-refractivity contribution < 1.29 is 14.3 Å². The van der Waals surface area contributed by atoms with Crippen LogP contribution in [0.25, 0.3) is 0 Å². The third-order valence-electron chi connectivity index (χ3n) is 7.67. The van der Waals surface area contributed by atoms with E-state index in [4.69, 9.17) is 10.5 Å². The lowest BCUT2D eigenvalue weighted by molar-refractivity contribution is -0.105. The molecule has 1 amide bonds. The van der Waals surface area contributed by atoms with Crippen molar-refractivity contribution in [2.45, 2.75) is 85.5 Å². The molecule has 0 radical (unpaired) electrons. The van der Waals surface area contributed by atoms with Gasteiger partial charge < -0.3 is 15.8 Å². The molecular formula is C45H56N2O3. The number of carbonyl (C=O) groups excluding carboxylic acids is 2. The lowest BCUT2D eigenvalue weighted by atomic mass is 9.87. The van der Waals surface area contributed by atoms with Crippen molar-refractivity contribution in [1.29, 1.82) is 0 Å². The van der Waals surface area contributed by atoms with Crippen molar-refractivity contribution in [1.82, 2.24) is 0 Å². The van der Waals surface area contributed by atoms with Gasteiger partial charge in [-0.3, -0.25) is 9.59 Å². The Morgan fingerprint density at radius 2 is 0.920 bits per heavy atom. The minimum atomic E-state index is 0.166. The summed E-state index contributed by atoms with van der Waals surface area (Å²) in [6.07, 6.45) is 1.55. The van der Waals surface area contributed by atoms with Gasteiger partial charge in [0.2, 0.25) is 6.41 Å². The Morgan fingerprint density at radius 3 is 1.32 bits per heavy atom. The Morgan fingerprint density at radius 1 is 0.520 bits per heavy atom. The Kier molecular flexibility index (Phi) is 15.7. The lowest BCUT2D eigenvalue weighted by Gasteiger charge is -2.18. The van der Waals surface area contributed by atoms with Crippen LogP contribution in [0.2, 0.25) is 0 Å². The second-order valence-corrected chi connectivity index (χ2v) is 15.2. The van der Waals surface area contributed by atoms with Crippen molar-refractivity contribution in [3.63, 3.8) is 0 Å². The fourth-order valence-corrected chi connectivity index (χ4v) is 4.41. The number of aryl methyl sites for hydroxylation is 1. The highest BCUT2D eigenvalue weighted by molar-refractivity contribution is 5.74. The van der Waals surface area contributed by atoms with E-state index < -0.39 is 0 Å². The van der Waals surface area contributed by atoms with Gasteiger partial charge in [-0.05, 0) is 88.4 Å². The fraction of sp³-hybridized carbons (Fsp3) is 0.289. The molecule has 50 heavy (non-hydrogen) atoms. The number of hydrogen-bond acceptors (Lipinski definition) is 4. The summed E-state index contributed by atoms with van der Waals surface area (Å²) in [7, 11) is 0. The molecule has 5 nitrogen and oxygen atoms in total. The molecule has 0 aliphatic heterocycles. The highest BCUT2D eigenvalue weighted by atomic mass is 16.5. The molecular weight excluding hydrogens is 617 g/mol. The van der Waals surface area contributed by atoms with Crippen LogP contribution in [0, 0.1) is 6.92 Å². The average molecular weight is 673 g/mol. The molecule has 0 heterocycles. The summed E-state index contributed by atoms with van der Waals surface area (Å²) in [4.78, 5) is 20.5. The number of aldehydes is 1. The zero-order chi connectivity index (χ0) is 37.4.